The molecule has 8 heteroatoms. The first-order chi connectivity index (χ1) is 14.4. The molecule has 0 spiro atoms. The maximum absolute atomic E-state index is 13.3. The quantitative estimate of drug-likeness (QED) is 0.471. The van der Waals surface area contributed by atoms with E-state index in [1.54, 1.807) is 42.6 Å². The van der Waals surface area contributed by atoms with Gasteiger partial charge in [-0.1, -0.05) is 23.7 Å². The molecule has 0 saturated carbocycles. The molecule has 0 atom stereocenters. The predicted molar refractivity (Wildman–Crippen MR) is 116 cm³/mol. The summed E-state index contributed by atoms with van der Waals surface area (Å²) in [6.07, 6.45) is 0. The van der Waals surface area contributed by atoms with Gasteiger partial charge in [0.05, 0.1) is 6.61 Å². The van der Waals surface area contributed by atoms with Gasteiger partial charge in [-0.25, -0.2) is 9.18 Å². The number of thiophene rings is 1. The number of carbonyl (C=O) groups is 2. The van der Waals surface area contributed by atoms with Gasteiger partial charge in [-0.05, 0) is 55.3 Å². The smallest absolute Gasteiger partial charge is 0.341 e. The van der Waals surface area contributed by atoms with Gasteiger partial charge >= 0.3 is 5.97 Å². The van der Waals surface area contributed by atoms with Gasteiger partial charge in [0.25, 0.3) is 5.91 Å². The molecule has 0 aliphatic rings. The summed E-state index contributed by atoms with van der Waals surface area (Å²) in [6, 6.07) is 10.8. The summed E-state index contributed by atoms with van der Waals surface area (Å²) >= 11 is 7.17. The molecule has 0 saturated heterocycles. The third-order valence-corrected chi connectivity index (χ3v) is 5.50. The Balaban J connectivity index is 1.78. The Morgan fingerprint density at radius 2 is 1.90 bits per heavy atom. The van der Waals surface area contributed by atoms with Crippen molar-refractivity contribution in [2.45, 2.75) is 13.8 Å². The predicted octanol–water partition coefficient (Wildman–Crippen LogP) is 5.71. The van der Waals surface area contributed by atoms with Gasteiger partial charge in [0.2, 0.25) is 0 Å². The molecule has 0 aliphatic carbocycles. The lowest BCUT2D eigenvalue weighted by atomic mass is 10.0. The molecule has 1 amide bonds. The van der Waals surface area contributed by atoms with Crippen molar-refractivity contribution >= 4 is 39.8 Å². The molecule has 0 fully saturated rings. The summed E-state index contributed by atoms with van der Waals surface area (Å²) in [5, 5.41) is 5.37. The highest BCUT2D eigenvalue weighted by atomic mass is 35.5. The number of carbonyl (C=O) groups excluding carboxylic acids is 2. The minimum Gasteiger partial charge on any atom is -0.484 e. The van der Waals surface area contributed by atoms with Crippen molar-refractivity contribution < 1.29 is 23.5 Å². The van der Waals surface area contributed by atoms with E-state index in [4.69, 9.17) is 21.1 Å². The summed E-state index contributed by atoms with van der Waals surface area (Å²) in [6.45, 7) is 3.47. The van der Waals surface area contributed by atoms with Crippen LogP contribution in [0.25, 0.3) is 11.1 Å². The Hall–Kier alpha value is -2.90. The fourth-order valence-corrected chi connectivity index (χ4v) is 3.81. The summed E-state index contributed by atoms with van der Waals surface area (Å²) in [4.78, 5) is 24.9. The Morgan fingerprint density at radius 1 is 1.17 bits per heavy atom. The average Bonchev–Trinajstić information content (AvgIpc) is 3.13. The standard InChI is InChI=1S/C22H19ClFNO4S/c1-3-28-22(27)20-17(14-4-6-15(24)7-5-14)12-30-21(20)25-19(26)11-29-16-8-9-18(23)13(2)10-16/h4-10,12H,3,11H2,1-2H3,(H,25,26). The molecule has 156 valence electrons. The second-order valence-electron chi connectivity index (χ2n) is 6.33. The average molecular weight is 448 g/mol. The van der Waals surface area contributed by atoms with Crippen LogP contribution in [-0.2, 0) is 9.53 Å². The number of ether oxygens (including phenoxy) is 2. The highest BCUT2D eigenvalue weighted by molar-refractivity contribution is 7.15. The minimum atomic E-state index is -0.567. The van der Waals surface area contributed by atoms with Crippen molar-refractivity contribution in [2.75, 3.05) is 18.5 Å². The zero-order valence-corrected chi connectivity index (χ0v) is 17.9. The first kappa shape index (κ1) is 21.8. The van der Waals surface area contributed by atoms with E-state index in [2.05, 4.69) is 5.32 Å². The Labute approximate surface area is 182 Å². The number of rotatable bonds is 7. The van der Waals surface area contributed by atoms with Crippen molar-refractivity contribution in [1.29, 1.82) is 0 Å². The summed E-state index contributed by atoms with van der Waals surface area (Å²) < 4.78 is 23.9. The molecule has 3 rings (SSSR count). The van der Waals surface area contributed by atoms with Gasteiger partial charge in [-0.3, -0.25) is 4.79 Å². The van der Waals surface area contributed by atoms with Gasteiger partial charge in [0, 0.05) is 16.0 Å². The highest BCUT2D eigenvalue weighted by Crippen LogP contribution is 2.36. The molecule has 3 aromatic rings. The molecular weight excluding hydrogens is 429 g/mol. The van der Waals surface area contributed by atoms with Gasteiger partial charge in [0.15, 0.2) is 6.61 Å². The molecule has 2 aromatic carbocycles. The van der Waals surface area contributed by atoms with E-state index < -0.39 is 11.9 Å². The lowest BCUT2D eigenvalue weighted by Gasteiger charge is -2.10. The van der Waals surface area contributed by atoms with Crippen LogP contribution < -0.4 is 10.1 Å². The molecular formula is C22H19ClFNO4S. The van der Waals surface area contributed by atoms with E-state index in [-0.39, 0.29) is 24.6 Å². The molecule has 0 aliphatic heterocycles. The van der Waals surface area contributed by atoms with Gasteiger partial charge in [-0.2, -0.15) is 0 Å². The van der Waals surface area contributed by atoms with Crippen LogP contribution in [0, 0.1) is 12.7 Å². The van der Waals surface area contributed by atoms with Crippen LogP contribution in [-0.4, -0.2) is 25.1 Å². The minimum absolute atomic E-state index is 0.184. The molecule has 30 heavy (non-hydrogen) atoms. The third kappa shape index (κ3) is 5.17. The monoisotopic (exact) mass is 447 g/mol. The summed E-state index contributed by atoms with van der Waals surface area (Å²) in [5.41, 5.74) is 2.26. The van der Waals surface area contributed by atoms with Crippen LogP contribution in [0.15, 0.2) is 47.8 Å². The molecule has 0 bridgehead atoms. The molecule has 0 radical (unpaired) electrons. The Morgan fingerprint density at radius 3 is 2.57 bits per heavy atom. The second kappa shape index (κ2) is 9.73. The number of hydrogen-bond acceptors (Lipinski definition) is 5. The molecule has 1 heterocycles. The lowest BCUT2D eigenvalue weighted by molar-refractivity contribution is -0.118. The molecule has 1 aromatic heterocycles. The lowest BCUT2D eigenvalue weighted by Crippen LogP contribution is -2.21. The third-order valence-electron chi connectivity index (χ3n) is 4.18. The summed E-state index contributed by atoms with van der Waals surface area (Å²) in [5.74, 6) is -0.867. The van der Waals surface area contributed by atoms with E-state index in [0.29, 0.717) is 26.9 Å². The highest BCUT2D eigenvalue weighted by Gasteiger charge is 2.23. The Bertz CT molecular complexity index is 1070. The number of benzene rings is 2. The first-order valence-corrected chi connectivity index (χ1v) is 10.4. The van der Waals surface area contributed by atoms with Crippen LogP contribution in [0.3, 0.4) is 0 Å². The number of anilines is 1. The van der Waals surface area contributed by atoms with E-state index >= 15 is 0 Å². The Kier molecular flexibility index (Phi) is 7.07. The van der Waals surface area contributed by atoms with Crippen LogP contribution in [0.4, 0.5) is 9.39 Å². The first-order valence-electron chi connectivity index (χ1n) is 9.12. The number of esters is 1. The normalized spacial score (nSPS) is 10.5. The van der Waals surface area contributed by atoms with E-state index in [9.17, 15) is 14.0 Å². The van der Waals surface area contributed by atoms with Crippen LogP contribution >= 0.6 is 22.9 Å². The fourth-order valence-electron chi connectivity index (χ4n) is 2.72. The molecule has 1 N–H and O–H groups in total. The van der Waals surface area contributed by atoms with Crippen LogP contribution in [0.5, 0.6) is 5.75 Å². The number of halogens is 2. The van der Waals surface area contributed by atoms with Gasteiger partial charge < -0.3 is 14.8 Å². The topological polar surface area (TPSA) is 64.6 Å². The van der Waals surface area contributed by atoms with E-state index in [0.717, 1.165) is 5.56 Å². The van der Waals surface area contributed by atoms with Crippen molar-refractivity contribution in [3.05, 3.63) is 69.8 Å². The van der Waals surface area contributed by atoms with Crippen LogP contribution in [0.2, 0.25) is 5.02 Å². The fraction of sp³-hybridized carbons (Fsp3) is 0.182. The van der Waals surface area contributed by atoms with E-state index in [1.165, 1.54) is 23.5 Å². The number of aryl methyl sites for hydroxylation is 1. The second-order valence-corrected chi connectivity index (χ2v) is 7.62. The number of amides is 1. The van der Waals surface area contributed by atoms with Crippen molar-refractivity contribution in [2.24, 2.45) is 0 Å². The largest absolute Gasteiger partial charge is 0.484 e. The maximum atomic E-state index is 13.3. The number of hydrogen-bond donors (Lipinski definition) is 1. The zero-order chi connectivity index (χ0) is 21.7. The van der Waals surface area contributed by atoms with Crippen molar-refractivity contribution in [3.63, 3.8) is 0 Å². The summed E-state index contributed by atoms with van der Waals surface area (Å²) in [7, 11) is 0. The van der Waals surface area contributed by atoms with E-state index in [1.807, 2.05) is 6.92 Å². The van der Waals surface area contributed by atoms with Crippen LogP contribution in [0.1, 0.15) is 22.8 Å². The SMILES string of the molecule is CCOC(=O)c1c(-c2ccc(F)cc2)csc1NC(=O)COc1ccc(Cl)c(C)c1. The number of nitrogens with one attached hydrogen (secondary N) is 1. The molecule has 0 unspecified atom stereocenters. The molecule has 5 nitrogen and oxygen atoms in total. The van der Waals surface area contributed by atoms with Gasteiger partial charge in [0.1, 0.15) is 22.1 Å². The maximum Gasteiger partial charge on any atom is 0.341 e. The van der Waals surface area contributed by atoms with Crippen molar-refractivity contribution in [1.82, 2.24) is 0 Å². The zero-order valence-electron chi connectivity index (χ0n) is 16.3. The van der Waals surface area contributed by atoms with Crippen molar-refractivity contribution in [3.8, 4) is 16.9 Å². The van der Waals surface area contributed by atoms with Gasteiger partial charge in [-0.15, -0.1) is 11.3 Å².